The molecular weight excluding hydrogens is 224 g/mol. The van der Waals surface area contributed by atoms with Gasteiger partial charge in [0.1, 0.15) is 0 Å². The monoisotopic (exact) mass is 232 g/mol. The molecule has 1 aromatic rings. The van der Waals surface area contributed by atoms with E-state index in [0.29, 0.717) is 5.33 Å². The Morgan fingerprint density at radius 3 is 3.08 bits per heavy atom. The molecule has 0 aliphatic rings. The van der Waals surface area contributed by atoms with Gasteiger partial charge in [0.25, 0.3) is 5.56 Å². The summed E-state index contributed by atoms with van der Waals surface area (Å²) in [5.74, 6) is 0. The summed E-state index contributed by atoms with van der Waals surface area (Å²) in [7, 11) is 0. The highest BCUT2D eigenvalue weighted by Gasteiger charge is 2.03. The Labute approximate surface area is 78.0 Å². The Kier molecular flexibility index (Phi) is 3.43. The number of hydrogen-bond acceptors (Lipinski definition) is 3. The number of nitrogens with zero attached hydrogens (tertiary/aromatic N) is 2. The number of aliphatic hydroxyl groups excluding tert-OH is 1. The highest BCUT2D eigenvalue weighted by molar-refractivity contribution is 9.09. The Hall–Kier alpha value is -0.680. The van der Waals surface area contributed by atoms with Gasteiger partial charge in [0.15, 0.2) is 0 Å². The van der Waals surface area contributed by atoms with Crippen LogP contribution in [0, 0.1) is 0 Å². The van der Waals surface area contributed by atoms with Crippen LogP contribution in [0.4, 0.5) is 0 Å². The van der Waals surface area contributed by atoms with Gasteiger partial charge in [0.05, 0.1) is 19.0 Å². The predicted molar refractivity (Wildman–Crippen MR) is 48.3 cm³/mol. The maximum atomic E-state index is 11.1. The van der Waals surface area contributed by atoms with E-state index < -0.39 is 6.10 Å². The van der Waals surface area contributed by atoms with Gasteiger partial charge in [0.2, 0.25) is 0 Å². The first-order valence-electron chi connectivity index (χ1n) is 3.48. The zero-order chi connectivity index (χ0) is 8.97. The van der Waals surface area contributed by atoms with Crippen LogP contribution in [0.25, 0.3) is 0 Å². The molecule has 1 atom stereocenters. The standard InChI is InChI=1S/C7H9BrN2O2/c8-3-6(11)4-10-5-9-2-1-7(10)12/h1-2,5-6,11H,3-4H2. The predicted octanol–water partition coefficient (Wildman–Crippen LogP) is -0.000900. The molecule has 1 N–H and O–H groups in total. The van der Waals surface area contributed by atoms with Crippen LogP contribution < -0.4 is 5.56 Å². The van der Waals surface area contributed by atoms with Crippen molar-refractivity contribution >= 4 is 15.9 Å². The average molecular weight is 233 g/mol. The molecule has 0 bridgehead atoms. The van der Waals surface area contributed by atoms with E-state index >= 15 is 0 Å². The lowest BCUT2D eigenvalue weighted by Crippen LogP contribution is -2.26. The second kappa shape index (κ2) is 4.37. The van der Waals surface area contributed by atoms with Gasteiger partial charge < -0.3 is 5.11 Å². The first-order valence-corrected chi connectivity index (χ1v) is 4.60. The van der Waals surface area contributed by atoms with E-state index in [-0.39, 0.29) is 12.1 Å². The van der Waals surface area contributed by atoms with Crippen molar-refractivity contribution in [2.75, 3.05) is 5.33 Å². The van der Waals surface area contributed by atoms with Crippen molar-refractivity contribution in [1.82, 2.24) is 9.55 Å². The van der Waals surface area contributed by atoms with E-state index in [4.69, 9.17) is 0 Å². The van der Waals surface area contributed by atoms with Gasteiger partial charge in [-0.15, -0.1) is 0 Å². The number of aromatic nitrogens is 2. The molecule has 1 rings (SSSR count). The van der Waals surface area contributed by atoms with Gasteiger partial charge in [-0.2, -0.15) is 0 Å². The normalized spacial score (nSPS) is 12.8. The summed E-state index contributed by atoms with van der Waals surface area (Å²) in [4.78, 5) is 14.8. The van der Waals surface area contributed by atoms with Crippen LogP contribution in [0.15, 0.2) is 23.4 Å². The minimum absolute atomic E-state index is 0.148. The topological polar surface area (TPSA) is 55.1 Å². The van der Waals surface area contributed by atoms with Gasteiger partial charge in [-0.1, -0.05) is 15.9 Å². The van der Waals surface area contributed by atoms with Gasteiger partial charge in [-0.3, -0.25) is 9.36 Å². The lowest BCUT2D eigenvalue weighted by Gasteiger charge is -2.07. The third-order valence-corrected chi connectivity index (χ3v) is 2.13. The van der Waals surface area contributed by atoms with Crippen molar-refractivity contribution in [2.45, 2.75) is 12.6 Å². The Bertz CT molecular complexity index is 299. The molecule has 0 fully saturated rings. The summed E-state index contributed by atoms with van der Waals surface area (Å²) in [6, 6.07) is 1.36. The smallest absolute Gasteiger partial charge is 0.253 e. The van der Waals surface area contributed by atoms with Crippen LogP contribution in [0.2, 0.25) is 0 Å². The van der Waals surface area contributed by atoms with Crippen molar-refractivity contribution in [3.05, 3.63) is 28.9 Å². The largest absolute Gasteiger partial charge is 0.390 e. The number of aliphatic hydroxyl groups is 1. The fraction of sp³-hybridized carbons (Fsp3) is 0.429. The second-order valence-corrected chi connectivity index (χ2v) is 3.03. The number of halogens is 1. The molecule has 0 saturated carbocycles. The van der Waals surface area contributed by atoms with Crippen LogP contribution in [0.5, 0.6) is 0 Å². The Morgan fingerprint density at radius 1 is 1.75 bits per heavy atom. The molecule has 0 spiro atoms. The number of alkyl halides is 1. The van der Waals surface area contributed by atoms with Crippen LogP contribution in [0.3, 0.4) is 0 Å². The minimum Gasteiger partial charge on any atom is -0.390 e. The molecule has 1 heterocycles. The fourth-order valence-electron chi connectivity index (χ4n) is 0.791. The van der Waals surface area contributed by atoms with Crippen molar-refractivity contribution in [1.29, 1.82) is 0 Å². The Balaban J connectivity index is 2.76. The van der Waals surface area contributed by atoms with E-state index in [1.54, 1.807) is 0 Å². The van der Waals surface area contributed by atoms with E-state index in [2.05, 4.69) is 20.9 Å². The molecule has 5 heteroatoms. The third kappa shape index (κ3) is 2.42. The molecule has 0 aliphatic heterocycles. The summed E-state index contributed by atoms with van der Waals surface area (Å²) in [6.07, 6.45) is 2.29. The SMILES string of the molecule is O=c1ccncn1CC(O)CBr. The van der Waals surface area contributed by atoms with Gasteiger partial charge >= 0.3 is 0 Å². The van der Waals surface area contributed by atoms with Crippen LogP contribution in [-0.4, -0.2) is 26.1 Å². The lowest BCUT2D eigenvalue weighted by atomic mass is 10.4. The average Bonchev–Trinajstić information content (AvgIpc) is 2.09. The van der Waals surface area contributed by atoms with E-state index in [0.717, 1.165) is 0 Å². The maximum Gasteiger partial charge on any atom is 0.253 e. The molecule has 1 aromatic heterocycles. The molecule has 0 radical (unpaired) electrons. The van der Waals surface area contributed by atoms with Gasteiger partial charge in [-0.05, 0) is 0 Å². The first-order chi connectivity index (χ1) is 5.74. The van der Waals surface area contributed by atoms with E-state index in [1.165, 1.54) is 23.2 Å². The summed E-state index contributed by atoms with van der Waals surface area (Å²) in [5.41, 5.74) is -0.148. The molecular formula is C7H9BrN2O2. The molecule has 66 valence electrons. The second-order valence-electron chi connectivity index (χ2n) is 2.38. The lowest BCUT2D eigenvalue weighted by molar-refractivity contribution is 0.177. The quantitative estimate of drug-likeness (QED) is 0.747. The van der Waals surface area contributed by atoms with E-state index in [1.807, 2.05) is 0 Å². The van der Waals surface area contributed by atoms with Crippen molar-refractivity contribution in [2.24, 2.45) is 0 Å². The van der Waals surface area contributed by atoms with E-state index in [9.17, 15) is 9.90 Å². The van der Waals surface area contributed by atoms with Crippen molar-refractivity contribution < 1.29 is 5.11 Å². The summed E-state index contributed by atoms with van der Waals surface area (Å²) < 4.78 is 1.37. The Morgan fingerprint density at radius 2 is 2.50 bits per heavy atom. The summed E-state index contributed by atoms with van der Waals surface area (Å²) in [6.45, 7) is 0.276. The molecule has 12 heavy (non-hydrogen) atoms. The van der Waals surface area contributed by atoms with Gasteiger partial charge in [0, 0.05) is 17.6 Å². The highest BCUT2D eigenvalue weighted by Crippen LogP contribution is 1.92. The van der Waals surface area contributed by atoms with Crippen molar-refractivity contribution in [3.8, 4) is 0 Å². The fourth-order valence-corrected chi connectivity index (χ4v) is 0.996. The highest BCUT2D eigenvalue weighted by atomic mass is 79.9. The summed E-state index contributed by atoms with van der Waals surface area (Å²) in [5, 5.41) is 9.65. The van der Waals surface area contributed by atoms with Gasteiger partial charge in [-0.25, -0.2) is 4.98 Å². The number of rotatable bonds is 3. The third-order valence-electron chi connectivity index (χ3n) is 1.38. The minimum atomic E-state index is -0.549. The maximum absolute atomic E-state index is 11.1. The number of hydrogen-bond donors (Lipinski definition) is 1. The summed E-state index contributed by atoms with van der Waals surface area (Å²) >= 11 is 3.11. The molecule has 0 saturated heterocycles. The first kappa shape index (κ1) is 9.41. The van der Waals surface area contributed by atoms with Crippen molar-refractivity contribution in [3.63, 3.8) is 0 Å². The van der Waals surface area contributed by atoms with Crippen LogP contribution >= 0.6 is 15.9 Å². The molecule has 0 amide bonds. The van der Waals surface area contributed by atoms with Crippen LogP contribution in [-0.2, 0) is 6.54 Å². The molecule has 0 aromatic carbocycles. The molecule has 4 nitrogen and oxygen atoms in total. The molecule has 0 aliphatic carbocycles. The zero-order valence-electron chi connectivity index (χ0n) is 6.35. The molecule has 1 unspecified atom stereocenters. The zero-order valence-corrected chi connectivity index (χ0v) is 7.94. The van der Waals surface area contributed by atoms with Crippen LogP contribution in [0.1, 0.15) is 0 Å².